The molecule has 1 aliphatic heterocycles. The minimum Gasteiger partial charge on any atom is -0.337 e. The fourth-order valence-electron chi connectivity index (χ4n) is 4.86. The Morgan fingerprint density at radius 1 is 0.861 bits per heavy atom. The molecule has 3 aromatic carbocycles. The lowest BCUT2D eigenvalue weighted by molar-refractivity contribution is 0.572. The first-order valence-corrected chi connectivity index (χ1v) is 12.9. The predicted octanol–water partition coefficient (Wildman–Crippen LogP) is 7.94. The van der Waals surface area contributed by atoms with E-state index in [0.29, 0.717) is 0 Å². The number of fused-ring (bicyclic) bond motifs is 1. The second kappa shape index (κ2) is 11.1. The van der Waals surface area contributed by atoms with E-state index < -0.39 is 0 Å². The first kappa shape index (κ1) is 27.2. The lowest BCUT2D eigenvalue weighted by Gasteiger charge is -2.26. The molecule has 0 spiro atoms. The number of anilines is 2. The Kier molecular flexibility index (Phi) is 8.39. The number of nitrogens with zero attached hydrogens (tertiary/aromatic N) is 3. The second-order valence-electron chi connectivity index (χ2n) is 10.6. The highest BCUT2D eigenvalue weighted by Crippen LogP contribution is 2.44. The molecule has 1 heterocycles. The summed E-state index contributed by atoms with van der Waals surface area (Å²) in [4.78, 5) is 11.6. The standard InChI is InChI=1S/C30H36N4.C2H6/c1-29(2,3)24-16-12-11-15-23(24)21-17-18-25-26(19-21)34(20-30(25,4)5)28(32-7)27(31-6)33-22-13-9-8-10-14-22;1-2/h8-19H,20H2,1-7H3,(H,31,33);1-2H3. The van der Waals surface area contributed by atoms with Crippen molar-refractivity contribution in [3.63, 3.8) is 0 Å². The molecule has 4 rings (SSSR count). The quantitative estimate of drug-likeness (QED) is 0.297. The Morgan fingerprint density at radius 3 is 2.11 bits per heavy atom. The van der Waals surface area contributed by atoms with Crippen molar-refractivity contribution in [2.45, 2.75) is 59.3 Å². The van der Waals surface area contributed by atoms with Crippen LogP contribution in [-0.2, 0) is 10.8 Å². The van der Waals surface area contributed by atoms with Crippen molar-refractivity contribution in [1.29, 1.82) is 0 Å². The number of nitrogens with one attached hydrogen (secondary N) is 1. The lowest BCUT2D eigenvalue weighted by atomic mass is 9.81. The number of rotatable bonds is 2. The van der Waals surface area contributed by atoms with Gasteiger partial charge in [0.1, 0.15) is 0 Å². The molecular weight excluding hydrogens is 440 g/mol. The van der Waals surface area contributed by atoms with Gasteiger partial charge in [-0.15, -0.1) is 0 Å². The van der Waals surface area contributed by atoms with Crippen molar-refractivity contribution in [3.8, 4) is 11.1 Å². The summed E-state index contributed by atoms with van der Waals surface area (Å²) >= 11 is 0. The summed E-state index contributed by atoms with van der Waals surface area (Å²) in [7, 11) is 3.66. The molecule has 1 aliphatic rings. The second-order valence-corrected chi connectivity index (χ2v) is 10.6. The molecule has 1 N–H and O–H groups in total. The molecule has 190 valence electrons. The van der Waals surface area contributed by atoms with E-state index in [4.69, 9.17) is 4.99 Å². The number of benzene rings is 3. The fraction of sp³-hybridized carbons (Fsp3) is 0.375. The average Bonchev–Trinajstić information content (AvgIpc) is 3.15. The van der Waals surface area contributed by atoms with Crippen LogP contribution in [0.4, 0.5) is 11.4 Å². The summed E-state index contributed by atoms with van der Waals surface area (Å²) in [6.45, 7) is 16.3. The van der Waals surface area contributed by atoms with Crippen molar-refractivity contribution >= 4 is 23.0 Å². The first-order valence-electron chi connectivity index (χ1n) is 12.9. The third kappa shape index (κ3) is 5.53. The zero-order chi connectivity index (χ0) is 26.5. The van der Waals surface area contributed by atoms with Crippen LogP contribution in [0, 0.1) is 0 Å². The van der Waals surface area contributed by atoms with Crippen molar-refractivity contribution < 1.29 is 0 Å². The molecule has 0 atom stereocenters. The van der Waals surface area contributed by atoms with Crippen LogP contribution in [0.25, 0.3) is 11.1 Å². The minimum atomic E-state index is -0.00104. The van der Waals surface area contributed by atoms with Crippen LogP contribution >= 0.6 is 0 Å². The molecule has 0 amide bonds. The fourth-order valence-corrected chi connectivity index (χ4v) is 4.86. The van der Waals surface area contributed by atoms with Crippen LogP contribution in [0.5, 0.6) is 0 Å². The molecule has 0 fully saturated rings. The van der Waals surface area contributed by atoms with Crippen molar-refractivity contribution in [2.24, 2.45) is 9.98 Å². The zero-order valence-corrected chi connectivity index (χ0v) is 23.5. The van der Waals surface area contributed by atoms with Gasteiger partial charge in [0, 0.05) is 37.4 Å². The van der Waals surface area contributed by atoms with Gasteiger partial charge in [-0.3, -0.25) is 9.98 Å². The molecule has 4 heteroatoms. The molecule has 4 nitrogen and oxygen atoms in total. The van der Waals surface area contributed by atoms with E-state index in [0.717, 1.165) is 23.9 Å². The van der Waals surface area contributed by atoms with Gasteiger partial charge in [0.2, 0.25) is 0 Å². The van der Waals surface area contributed by atoms with E-state index in [-0.39, 0.29) is 10.8 Å². The number of hydrogen-bond donors (Lipinski definition) is 1. The molecule has 3 aromatic rings. The Balaban J connectivity index is 0.00000176. The minimum absolute atomic E-state index is 0.00104. The van der Waals surface area contributed by atoms with Crippen LogP contribution < -0.4 is 10.2 Å². The van der Waals surface area contributed by atoms with Gasteiger partial charge in [-0.2, -0.15) is 0 Å². The van der Waals surface area contributed by atoms with Crippen molar-refractivity contribution in [2.75, 3.05) is 30.9 Å². The van der Waals surface area contributed by atoms with Gasteiger partial charge in [-0.25, -0.2) is 0 Å². The molecule has 36 heavy (non-hydrogen) atoms. The van der Waals surface area contributed by atoms with E-state index >= 15 is 0 Å². The van der Waals surface area contributed by atoms with E-state index in [1.54, 1.807) is 0 Å². The zero-order valence-electron chi connectivity index (χ0n) is 23.5. The topological polar surface area (TPSA) is 40.0 Å². The molecule has 0 radical (unpaired) electrons. The SMILES string of the molecule is CC.CN=C(Nc1ccccc1)C(=NC)N1CC(C)(C)c2ccc(-c3ccccc3C(C)(C)C)cc21. The number of aliphatic imine (C=N–C) groups is 2. The highest BCUT2D eigenvalue weighted by molar-refractivity contribution is 6.49. The van der Waals surface area contributed by atoms with Gasteiger partial charge >= 0.3 is 0 Å². The summed E-state index contributed by atoms with van der Waals surface area (Å²) in [5, 5.41) is 3.47. The van der Waals surface area contributed by atoms with Crippen LogP contribution in [-0.4, -0.2) is 32.3 Å². The van der Waals surface area contributed by atoms with Crippen LogP contribution in [0.3, 0.4) is 0 Å². The van der Waals surface area contributed by atoms with Crippen LogP contribution in [0.15, 0.2) is 82.8 Å². The van der Waals surface area contributed by atoms with E-state index in [1.165, 1.54) is 27.9 Å². The summed E-state index contributed by atoms with van der Waals surface area (Å²) in [5.41, 5.74) is 7.45. The number of hydrogen-bond acceptors (Lipinski definition) is 2. The van der Waals surface area contributed by atoms with Gasteiger partial charge in [0.25, 0.3) is 0 Å². The van der Waals surface area contributed by atoms with Crippen molar-refractivity contribution in [1.82, 2.24) is 0 Å². The Labute approximate surface area is 218 Å². The van der Waals surface area contributed by atoms with E-state index in [1.807, 2.05) is 58.3 Å². The van der Waals surface area contributed by atoms with Gasteiger partial charge in [0.05, 0.1) is 0 Å². The third-order valence-electron chi connectivity index (χ3n) is 6.56. The molecule has 0 saturated heterocycles. The Morgan fingerprint density at radius 2 is 1.50 bits per heavy atom. The maximum atomic E-state index is 4.71. The third-order valence-corrected chi connectivity index (χ3v) is 6.56. The molecule has 0 aromatic heterocycles. The largest absolute Gasteiger partial charge is 0.337 e. The summed E-state index contributed by atoms with van der Waals surface area (Å²) < 4.78 is 0. The number of para-hydroxylation sites is 1. The molecular formula is C32H42N4. The maximum Gasteiger partial charge on any atom is 0.171 e. The maximum absolute atomic E-state index is 4.71. The van der Waals surface area contributed by atoms with Crippen molar-refractivity contribution in [3.05, 3.63) is 83.9 Å². The summed E-state index contributed by atoms with van der Waals surface area (Å²) in [6, 6.07) is 25.8. The van der Waals surface area contributed by atoms with Gasteiger partial charge in [0.15, 0.2) is 11.7 Å². The normalized spacial score (nSPS) is 15.2. The molecule has 0 unspecified atom stereocenters. The van der Waals surface area contributed by atoms with Crippen LogP contribution in [0.2, 0.25) is 0 Å². The van der Waals surface area contributed by atoms with Gasteiger partial charge in [-0.1, -0.05) is 103 Å². The van der Waals surface area contributed by atoms with E-state index in [9.17, 15) is 0 Å². The highest BCUT2D eigenvalue weighted by atomic mass is 15.3. The average molecular weight is 483 g/mol. The smallest absolute Gasteiger partial charge is 0.171 e. The van der Waals surface area contributed by atoms with E-state index in [2.05, 4.69) is 92.3 Å². The highest BCUT2D eigenvalue weighted by Gasteiger charge is 2.38. The predicted molar refractivity (Wildman–Crippen MR) is 159 cm³/mol. The number of amidine groups is 2. The summed E-state index contributed by atoms with van der Waals surface area (Å²) in [6.07, 6.45) is 0. The molecule has 0 saturated carbocycles. The molecule has 0 aliphatic carbocycles. The van der Waals surface area contributed by atoms with Gasteiger partial charge < -0.3 is 10.2 Å². The molecule has 0 bridgehead atoms. The summed E-state index contributed by atoms with van der Waals surface area (Å²) in [5.74, 6) is 1.61. The van der Waals surface area contributed by atoms with Crippen LogP contribution in [0.1, 0.15) is 59.6 Å². The monoisotopic (exact) mass is 482 g/mol. The first-order chi connectivity index (χ1) is 17.2. The Hall–Kier alpha value is -3.40. The lowest BCUT2D eigenvalue weighted by Crippen LogP contribution is -2.41. The Bertz CT molecular complexity index is 1230. The van der Waals surface area contributed by atoms with Gasteiger partial charge in [-0.05, 0) is 45.9 Å².